The molecule has 0 atom stereocenters. The van der Waals surface area contributed by atoms with Gasteiger partial charge in [0, 0.05) is 21.6 Å². The number of fused-ring (bicyclic) bond motifs is 1. The van der Waals surface area contributed by atoms with E-state index >= 15 is 0 Å². The van der Waals surface area contributed by atoms with E-state index in [-0.39, 0.29) is 5.82 Å². The summed E-state index contributed by atoms with van der Waals surface area (Å²) in [6, 6.07) is 12.8. The van der Waals surface area contributed by atoms with Crippen molar-refractivity contribution < 1.29 is 4.39 Å². The van der Waals surface area contributed by atoms with Crippen molar-refractivity contribution in [2.45, 2.75) is 6.42 Å². The number of aromatic nitrogens is 1. The zero-order valence-corrected chi connectivity index (χ0v) is 11.2. The van der Waals surface area contributed by atoms with Crippen LogP contribution in [-0.4, -0.2) is 4.98 Å². The van der Waals surface area contributed by atoms with Gasteiger partial charge in [0.15, 0.2) is 0 Å². The van der Waals surface area contributed by atoms with E-state index in [1.165, 1.54) is 23.1 Å². The highest BCUT2D eigenvalue weighted by Gasteiger charge is 2.05. The molecule has 0 unspecified atom stereocenters. The molecule has 2 aromatic carbocycles. The van der Waals surface area contributed by atoms with Gasteiger partial charge in [0.05, 0.1) is 0 Å². The molecule has 0 saturated carbocycles. The van der Waals surface area contributed by atoms with Gasteiger partial charge < -0.3 is 4.98 Å². The van der Waals surface area contributed by atoms with Crippen LogP contribution in [0.2, 0.25) is 0 Å². The third-order valence-corrected chi connectivity index (χ3v) is 3.53. The molecule has 0 fully saturated rings. The van der Waals surface area contributed by atoms with Crippen LogP contribution in [0.3, 0.4) is 0 Å². The van der Waals surface area contributed by atoms with Gasteiger partial charge in [0.1, 0.15) is 5.82 Å². The first-order valence-corrected chi connectivity index (χ1v) is 6.51. The summed E-state index contributed by atoms with van der Waals surface area (Å²) in [5, 5.41) is 1.20. The molecule has 1 aromatic heterocycles. The van der Waals surface area contributed by atoms with Crippen molar-refractivity contribution in [3.05, 3.63) is 70.1 Å². The molecule has 0 aliphatic heterocycles. The Balaban J connectivity index is 1.99. The Morgan fingerprint density at radius 1 is 1.06 bits per heavy atom. The lowest BCUT2D eigenvalue weighted by Gasteiger charge is -2.01. The van der Waals surface area contributed by atoms with Gasteiger partial charge >= 0.3 is 0 Å². The van der Waals surface area contributed by atoms with Gasteiger partial charge in [0.25, 0.3) is 0 Å². The van der Waals surface area contributed by atoms with Crippen LogP contribution in [0.15, 0.2) is 53.1 Å². The first kappa shape index (κ1) is 11.5. The van der Waals surface area contributed by atoms with Crippen molar-refractivity contribution in [2.24, 2.45) is 0 Å². The maximum Gasteiger partial charge on any atom is 0.123 e. The van der Waals surface area contributed by atoms with Gasteiger partial charge in [-0.15, -0.1) is 0 Å². The molecule has 3 heteroatoms. The molecule has 0 aliphatic rings. The predicted molar refractivity (Wildman–Crippen MR) is 75.2 cm³/mol. The highest BCUT2D eigenvalue weighted by molar-refractivity contribution is 9.10. The molecule has 0 saturated heterocycles. The molecule has 0 amide bonds. The van der Waals surface area contributed by atoms with Gasteiger partial charge in [-0.25, -0.2) is 4.39 Å². The molecule has 1 heterocycles. The van der Waals surface area contributed by atoms with Crippen LogP contribution < -0.4 is 0 Å². The first-order valence-electron chi connectivity index (χ1n) is 5.72. The SMILES string of the molecule is Fc1ccc(Cc2c[nH]c3ccc(Br)cc23)cc1. The quantitative estimate of drug-likeness (QED) is 0.708. The molecule has 0 bridgehead atoms. The Bertz CT molecular complexity index is 685. The fourth-order valence-electron chi connectivity index (χ4n) is 2.12. The minimum absolute atomic E-state index is 0.194. The van der Waals surface area contributed by atoms with Crippen LogP contribution in [-0.2, 0) is 6.42 Å². The first-order chi connectivity index (χ1) is 8.72. The standard InChI is InChI=1S/C15H11BrFN/c16-12-3-6-15-14(8-12)11(9-18-15)7-10-1-4-13(17)5-2-10/h1-6,8-9,18H,7H2. The molecule has 3 rings (SSSR count). The molecule has 3 aromatic rings. The van der Waals surface area contributed by atoms with Crippen LogP contribution in [0.4, 0.5) is 4.39 Å². The van der Waals surface area contributed by atoms with E-state index in [4.69, 9.17) is 0 Å². The van der Waals surface area contributed by atoms with Crippen molar-refractivity contribution >= 4 is 26.8 Å². The maximum atomic E-state index is 12.9. The highest BCUT2D eigenvalue weighted by atomic mass is 79.9. The molecule has 1 nitrogen and oxygen atoms in total. The molecule has 18 heavy (non-hydrogen) atoms. The molecule has 0 spiro atoms. The van der Waals surface area contributed by atoms with Crippen LogP contribution >= 0.6 is 15.9 Å². The van der Waals surface area contributed by atoms with E-state index in [9.17, 15) is 4.39 Å². The Hall–Kier alpha value is -1.61. The van der Waals surface area contributed by atoms with Crippen LogP contribution in [0.5, 0.6) is 0 Å². The Labute approximate surface area is 113 Å². The maximum absolute atomic E-state index is 12.9. The highest BCUT2D eigenvalue weighted by Crippen LogP contribution is 2.24. The van der Waals surface area contributed by atoms with Gasteiger partial charge in [-0.1, -0.05) is 28.1 Å². The summed E-state index contributed by atoms with van der Waals surface area (Å²) in [5.41, 5.74) is 3.45. The van der Waals surface area contributed by atoms with Crippen molar-refractivity contribution in [2.75, 3.05) is 0 Å². The van der Waals surface area contributed by atoms with Gasteiger partial charge in [0.2, 0.25) is 0 Å². The zero-order valence-electron chi connectivity index (χ0n) is 9.58. The van der Waals surface area contributed by atoms with E-state index < -0.39 is 0 Å². The largest absolute Gasteiger partial charge is 0.361 e. The van der Waals surface area contributed by atoms with Gasteiger partial charge in [-0.05, 0) is 47.9 Å². The summed E-state index contributed by atoms with van der Waals surface area (Å²) in [4.78, 5) is 3.25. The van der Waals surface area contributed by atoms with Gasteiger partial charge in [-0.3, -0.25) is 0 Å². The van der Waals surface area contributed by atoms with E-state index in [2.05, 4.69) is 27.0 Å². The topological polar surface area (TPSA) is 15.8 Å². The summed E-state index contributed by atoms with van der Waals surface area (Å²) in [7, 11) is 0. The van der Waals surface area contributed by atoms with Crippen LogP contribution in [0.25, 0.3) is 10.9 Å². The lowest BCUT2D eigenvalue weighted by atomic mass is 10.0. The fraction of sp³-hybridized carbons (Fsp3) is 0.0667. The minimum atomic E-state index is -0.194. The number of hydrogen-bond donors (Lipinski definition) is 1. The number of rotatable bonds is 2. The van der Waals surface area contributed by atoms with Crippen molar-refractivity contribution in [1.29, 1.82) is 0 Å². The van der Waals surface area contributed by atoms with Crippen molar-refractivity contribution in [3.8, 4) is 0 Å². The monoisotopic (exact) mass is 303 g/mol. The number of hydrogen-bond acceptors (Lipinski definition) is 0. The number of halogens is 2. The normalized spacial score (nSPS) is 11.0. The number of nitrogens with one attached hydrogen (secondary N) is 1. The molecule has 0 radical (unpaired) electrons. The summed E-state index contributed by atoms with van der Waals surface area (Å²) in [6.45, 7) is 0. The lowest BCUT2D eigenvalue weighted by Crippen LogP contribution is -1.87. The Morgan fingerprint density at radius 2 is 1.83 bits per heavy atom. The van der Waals surface area contributed by atoms with E-state index in [0.717, 1.165) is 22.0 Å². The van der Waals surface area contributed by atoms with E-state index in [0.29, 0.717) is 0 Å². The van der Waals surface area contributed by atoms with Gasteiger partial charge in [-0.2, -0.15) is 0 Å². The van der Waals surface area contributed by atoms with Crippen LogP contribution in [0, 0.1) is 5.82 Å². The smallest absolute Gasteiger partial charge is 0.123 e. The second kappa shape index (κ2) is 4.58. The van der Waals surface area contributed by atoms with Crippen LogP contribution in [0.1, 0.15) is 11.1 Å². The minimum Gasteiger partial charge on any atom is -0.361 e. The lowest BCUT2D eigenvalue weighted by molar-refractivity contribution is 0.627. The number of aromatic amines is 1. The third-order valence-electron chi connectivity index (χ3n) is 3.04. The van der Waals surface area contributed by atoms with Crippen molar-refractivity contribution in [1.82, 2.24) is 4.98 Å². The molecule has 0 aliphatic carbocycles. The summed E-state index contributed by atoms with van der Waals surface area (Å²) < 4.78 is 13.9. The van der Waals surface area contributed by atoms with E-state index in [1.807, 2.05) is 30.5 Å². The van der Waals surface area contributed by atoms with E-state index in [1.54, 1.807) is 0 Å². The molecular formula is C15H11BrFN. The average Bonchev–Trinajstić information content (AvgIpc) is 2.75. The molecule has 90 valence electrons. The fourth-order valence-corrected chi connectivity index (χ4v) is 2.48. The van der Waals surface area contributed by atoms with Crippen molar-refractivity contribution in [3.63, 3.8) is 0 Å². The zero-order chi connectivity index (χ0) is 12.5. The Morgan fingerprint density at radius 3 is 2.61 bits per heavy atom. The molecule has 1 N–H and O–H groups in total. The third kappa shape index (κ3) is 2.18. The predicted octanol–water partition coefficient (Wildman–Crippen LogP) is 4.66. The second-order valence-electron chi connectivity index (χ2n) is 4.31. The average molecular weight is 304 g/mol. The summed E-state index contributed by atoms with van der Waals surface area (Å²) in [6.07, 6.45) is 2.82. The number of H-pyrrole nitrogens is 1. The summed E-state index contributed by atoms with van der Waals surface area (Å²) >= 11 is 3.48. The molecular weight excluding hydrogens is 293 g/mol. The number of benzene rings is 2. The summed E-state index contributed by atoms with van der Waals surface area (Å²) in [5.74, 6) is -0.194. The second-order valence-corrected chi connectivity index (χ2v) is 5.22. The Kier molecular flexibility index (Phi) is 2.92.